The number of fused-ring (bicyclic) bond motifs is 1. The molecule has 3 heterocycles. The van der Waals surface area contributed by atoms with E-state index >= 15 is 0 Å². The van der Waals surface area contributed by atoms with Crippen molar-refractivity contribution in [3.8, 4) is 23.1 Å². The zero-order chi connectivity index (χ0) is 16.5. The highest BCUT2D eigenvalue weighted by molar-refractivity contribution is 5.93. The van der Waals surface area contributed by atoms with Gasteiger partial charge in [-0.1, -0.05) is 17.2 Å². The number of nitrogens with zero attached hydrogens (tertiary/aromatic N) is 4. The Labute approximate surface area is 136 Å². The SMILES string of the molecule is Cn1nccc1-c1nnc(NC(=O)[C@@H]2COc3ccccc3O2)o1. The first-order chi connectivity index (χ1) is 11.7. The molecule has 1 atom stereocenters. The van der Waals surface area contributed by atoms with E-state index in [1.807, 2.05) is 6.07 Å². The molecule has 1 aromatic carbocycles. The standard InChI is InChI=1S/C15H13N5O4/c1-20-9(6-7-16-20)14-18-19-15(24-14)17-13(21)12-8-22-10-4-2-3-5-11(10)23-12/h2-7,12H,8H2,1H3,(H,17,19,21)/t12-/m0/s1. The van der Waals surface area contributed by atoms with Crippen LogP contribution in [0.25, 0.3) is 11.6 Å². The van der Waals surface area contributed by atoms with E-state index in [9.17, 15) is 4.79 Å². The number of aryl methyl sites for hydroxylation is 1. The zero-order valence-electron chi connectivity index (χ0n) is 12.7. The van der Waals surface area contributed by atoms with Crippen LogP contribution in [0.1, 0.15) is 0 Å². The number of hydrogen-bond donors (Lipinski definition) is 1. The second-order valence-electron chi connectivity index (χ2n) is 5.11. The fraction of sp³-hybridized carbons (Fsp3) is 0.200. The molecule has 122 valence electrons. The minimum atomic E-state index is -0.799. The monoisotopic (exact) mass is 327 g/mol. The Morgan fingerprint density at radius 3 is 2.88 bits per heavy atom. The topological polar surface area (TPSA) is 104 Å². The van der Waals surface area contributed by atoms with Gasteiger partial charge in [0, 0.05) is 13.2 Å². The molecule has 3 aromatic rings. The lowest BCUT2D eigenvalue weighted by Gasteiger charge is -2.24. The fourth-order valence-electron chi connectivity index (χ4n) is 2.30. The Morgan fingerprint density at radius 2 is 2.08 bits per heavy atom. The van der Waals surface area contributed by atoms with Gasteiger partial charge < -0.3 is 13.9 Å². The van der Waals surface area contributed by atoms with Gasteiger partial charge in [-0.05, 0) is 18.2 Å². The van der Waals surface area contributed by atoms with E-state index in [1.165, 1.54) is 0 Å². The second-order valence-corrected chi connectivity index (χ2v) is 5.11. The van der Waals surface area contributed by atoms with Crippen molar-refractivity contribution in [1.82, 2.24) is 20.0 Å². The molecule has 0 fully saturated rings. The lowest BCUT2D eigenvalue weighted by Crippen LogP contribution is -2.40. The van der Waals surface area contributed by atoms with Gasteiger partial charge in [-0.15, -0.1) is 5.10 Å². The van der Waals surface area contributed by atoms with Crippen molar-refractivity contribution in [2.24, 2.45) is 7.05 Å². The maximum absolute atomic E-state index is 12.3. The van der Waals surface area contributed by atoms with Crippen molar-refractivity contribution in [2.45, 2.75) is 6.10 Å². The molecule has 0 aliphatic carbocycles. The van der Waals surface area contributed by atoms with Gasteiger partial charge in [-0.2, -0.15) is 5.10 Å². The summed E-state index contributed by atoms with van der Waals surface area (Å²) in [6, 6.07) is 8.87. The van der Waals surface area contributed by atoms with Gasteiger partial charge in [0.1, 0.15) is 12.3 Å². The van der Waals surface area contributed by atoms with Gasteiger partial charge in [0.15, 0.2) is 11.5 Å². The van der Waals surface area contributed by atoms with Crippen LogP contribution in [0.4, 0.5) is 6.01 Å². The number of aromatic nitrogens is 4. The highest BCUT2D eigenvalue weighted by Crippen LogP contribution is 2.31. The third-order valence-corrected chi connectivity index (χ3v) is 3.50. The average molecular weight is 327 g/mol. The van der Waals surface area contributed by atoms with Crippen molar-refractivity contribution in [1.29, 1.82) is 0 Å². The number of anilines is 1. The average Bonchev–Trinajstić information content (AvgIpc) is 3.23. The molecule has 1 aliphatic rings. The van der Waals surface area contributed by atoms with E-state index in [2.05, 4.69) is 20.6 Å². The summed E-state index contributed by atoms with van der Waals surface area (Å²) < 4.78 is 18.2. The summed E-state index contributed by atoms with van der Waals surface area (Å²) in [6.45, 7) is 0.103. The van der Waals surface area contributed by atoms with Crippen LogP contribution in [0.5, 0.6) is 11.5 Å². The van der Waals surface area contributed by atoms with Crippen LogP contribution in [0.15, 0.2) is 40.9 Å². The second kappa shape index (κ2) is 5.69. The summed E-state index contributed by atoms with van der Waals surface area (Å²) in [7, 11) is 1.75. The van der Waals surface area contributed by atoms with E-state index in [-0.39, 0.29) is 18.5 Å². The molecule has 1 N–H and O–H groups in total. The number of carbonyl (C=O) groups is 1. The molecular formula is C15H13N5O4. The van der Waals surface area contributed by atoms with Crippen molar-refractivity contribution < 1.29 is 18.7 Å². The molecule has 0 radical (unpaired) electrons. The molecule has 24 heavy (non-hydrogen) atoms. The van der Waals surface area contributed by atoms with E-state index in [4.69, 9.17) is 13.9 Å². The van der Waals surface area contributed by atoms with Crippen LogP contribution in [-0.4, -0.2) is 38.6 Å². The zero-order valence-corrected chi connectivity index (χ0v) is 12.7. The summed E-state index contributed by atoms with van der Waals surface area (Å²) in [6.07, 6.45) is 0.814. The van der Waals surface area contributed by atoms with Crippen LogP contribution >= 0.6 is 0 Å². The fourth-order valence-corrected chi connectivity index (χ4v) is 2.30. The molecule has 9 heteroatoms. The van der Waals surface area contributed by atoms with Gasteiger partial charge in [-0.3, -0.25) is 14.8 Å². The summed E-state index contributed by atoms with van der Waals surface area (Å²) in [4.78, 5) is 12.3. The number of benzene rings is 1. The number of carbonyl (C=O) groups excluding carboxylic acids is 1. The molecule has 1 aliphatic heterocycles. The number of ether oxygens (including phenoxy) is 2. The van der Waals surface area contributed by atoms with Crippen molar-refractivity contribution in [3.63, 3.8) is 0 Å². The normalized spacial score (nSPS) is 16.0. The molecule has 2 aromatic heterocycles. The van der Waals surface area contributed by atoms with Gasteiger partial charge in [-0.25, -0.2) is 0 Å². The van der Waals surface area contributed by atoms with E-state index < -0.39 is 12.0 Å². The maximum atomic E-state index is 12.3. The molecule has 0 saturated heterocycles. The minimum absolute atomic E-state index is 0.0151. The summed E-state index contributed by atoms with van der Waals surface area (Å²) in [5.74, 6) is 0.962. The molecule has 1 amide bonds. The van der Waals surface area contributed by atoms with Crippen LogP contribution in [0, 0.1) is 0 Å². The van der Waals surface area contributed by atoms with E-state index in [1.54, 1.807) is 42.2 Å². The Morgan fingerprint density at radius 1 is 1.25 bits per heavy atom. The predicted molar refractivity (Wildman–Crippen MR) is 81.5 cm³/mol. The van der Waals surface area contributed by atoms with Gasteiger partial charge in [0.2, 0.25) is 6.10 Å². The van der Waals surface area contributed by atoms with E-state index in [0.29, 0.717) is 17.2 Å². The van der Waals surface area contributed by atoms with E-state index in [0.717, 1.165) is 0 Å². The van der Waals surface area contributed by atoms with Crippen LogP contribution < -0.4 is 14.8 Å². The Bertz CT molecular complexity index is 887. The molecule has 4 rings (SSSR count). The molecule has 0 bridgehead atoms. The molecule has 0 spiro atoms. The Hall–Kier alpha value is -3.36. The van der Waals surface area contributed by atoms with Crippen molar-refractivity contribution in [2.75, 3.05) is 11.9 Å². The lowest BCUT2D eigenvalue weighted by molar-refractivity contribution is -0.125. The van der Waals surface area contributed by atoms with Gasteiger partial charge in [0.25, 0.3) is 11.8 Å². The molecular weight excluding hydrogens is 314 g/mol. The highest BCUT2D eigenvalue weighted by Gasteiger charge is 2.28. The first-order valence-corrected chi connectivity index (χ1v) is 7.22. The Balaban J connectivity index is 1.46. The van der Waals surface area contributed by atoms with Crippen LogP contribution in [0.3, 0.4) is 0 Å². The number of hydrogen-bond acceptors (Lipinski definition) is 7. The predicted octanol–water partition coefficient (Wildman–Crippen LogP) is 1.25. The first kappa shape index (κ1) is 14.2. The molecule has 9 nitrogen and oxygen atoms in total. The first-order valence-electron chi connectivity index (χ1n) is 7.22. The Kier molecular flexibility index (Phi) is 3.38. The third-order valence-electron chi connectivity index (χ3n) is 3.50. The number of nitrogens with one attached hydrogen (secondary N) is 1. The highest BCUT2D eigenvalue weighted by atomic mass is 16.6. The summed E-state index contributed by atoms with van der Waals surface area (Å²) >= 11 is 0. The largest absolute Gasteiger partial charge is 0.485 e. The third kappa shape index (κ3) is 2.56. The molecule has 0 saturated carbocycles. The molecule has 0 unspecified atom stereocenters. The summed E-state index contributed by atoms with van der Waals surface area (Å²) in [5.41, 5.74) is 0.647. The number of rotatable bonds is 3. The number of para-hydroxylation sites is 2. The lowest BCUT2D eigenvalue weighted by atomic mass is 10.2. The van der Waals surface area contributed by atoms with Gasteiger partial charge in [0.05, 0.1) is 0 Å². The maximum Gasteiger partial charge on any atom is 0.322 e. The summed E-state index contributed by atoms with van der Waals surface area (Å²) in [5, 5.41) is 14.2. The van der Waals surface area contributed by atoms with Gasteiger partial charge >= 0.3 is 6.01 Å². The van der Waals surface area contributed by atoms with Crippen molar-refractivity contribution >= 4 is 11.9 Å². The van der Waals surface area contributed by atoms with Crippen LogP contribution in [-0.2, 0) is 11.8 Å². The van der Waals surface area contributed by atoms with Crippen LogP contribution in [0.2, 0.25) is 0 Å². The smallest absolute Gasteiger partial charge is 0.322 e. The quantitative estimate of drug-likeness (QED) is 0.772. The number of amides is 1. The van der Waals surface area contributed by atoms with Crippen molar-refractivity contribution in [3.05, 3.63) is 36.5 Å². The minimum Gasteiger partial charge on any atom is -0.485 e.